The zero-order valence-corrected chi connectivity index (χ0v) is 17.3. The number of amidine groups is 1. The normalized spacial score (nSPS) is 24.2. The number of nitrogens with one attached hydrogen (secondary N) is 1. The molecular formula is C20H28N4O4S. The van der Waals surface area contributed by atoms with Gasteiger partial charge in [-0.2, -0.15) is 8.42 Å². The summed E-state index contributed by atoms with van der Waals surface area (Å²) in [4.78, 5) is 14.9. The molecule has 3 aliphatic rings. The average molecular weight is 421 g/mol. The van der Waals surface area contributed by atoms with Crippen LogP contribution in [-0.2, 0) is 15.0 Å². The number of nitrogens with zero attached hydrogens (tertiary/aromatic N) is 2. The standard InChI is InChI=1S/C20H28N4O4S/c21-19-18-16(22-29(26,27)23-19)9-4-10-17(18)28-13-14-6-5-11-24(12-14)20(25)15-7-2-1-3-8-15/h4,9-10,14-15,22H,1-3,5-8,11-13H2,(H2,21,23). The van der Waals surface area contributed by atoms with Gasteiger partial charge >= 0.3 is 10.2 Å². The highest BCUT2D eigenvalue weighted by Crippen LogP contribution is 2.32. The van der Waals surface area contributed by atoms with Gasteiger partial charge in [0.2, 0.25) is 5.91 Å². The van der Waals surface area contributed by atoms with E-state index in [9.17, 15) is 13.2 Å². The fourth-order valence-electron chi connectivity index (χ4n) is 4.55. The van der Waals surface area contributed by atoms with Gasteiger partial charge in [-0.15, -0.1) is 4.40 Å². The molecule has 1 aromatic rings. The van der Waals surface area contributed by atoms with Crippen LogP contribution in [0.4, 0.5) is 5.69 Å². The van der Waals surface area contributed by atoms with Crippen molar-refractivity contribution in [2.75, 3.05) is 24.4 Å². The van der Waals surface area contributed by atoms with Crippen molar-refractivity contribution >= 4 is 27.6 Å². The molecule has 9 heteroatoms. The van der Waals surface area contributed by atoms with E-state index in [0.29, 0.717) is 36.1 Å². The van der Waals surface area contributed by atoms with E-state index in [4.69, 9.17) is 10.5 Å². The minimum absolute atomic E-state index is 0.0768. The highest BCUT2D eigenvalue weighted by Gasteiger charge is 2.30. The van der Waals surface area contributed by atoms with Crippen LogP contribution in [0.5, 0.6) is 5.75 Å². The summed E-state index contributed by atoms with van der Waals surface area (Å²) in [5, 5.41) is 0. The SMILES string of the molecule is NC1=NS(=O)(=O)Nc2cccc(OCC3CCCN(C(=O)C4CCCCC4)C3)c21. The molecule has 1 atom stereocenters. The van der Waals surface area contributed by atoms with E-state index in [1.165, 1.54) is 6.42 Å². The second-order valence-corrected chi connectivity index (χ2v) is 9.51. The molecule has 158 valence electrons. The molecule has 1 unspecified atom stereocenters. The summed E-state index contributed by atoms with van der Waals surface area (Å²) >= 11 is 0. The van der Waals surface area contributed by atoms with Crippen LogP contribution in [0, 0.1) is 11.8 Å². The molecule has 29 heavy (non-hydrogen) atoms. The number of ether oxygens (including phenoxy) is 1. The Morgan fingerprint density at radius 1 is 1.21 bits per heavy atom. The second-order valence-electron chi connectivity index (χ2n) is 8.17. The Morgan fingerprint density at radius 3 is 2.79 bits per heavy atom. The number of hydrogen-bond donors (Lipinski definition) is 2. The van der Waals surface area contributed by atoms with Crippen molar-refractivity contribution in [3.63, 3.8) is 0 Å². The van der Waals surface area contributed by atoms with Crippen LogP contribution < -0.4 is 15.2 Å². The fraction of sp³-hybridized carbons (Fsp3) is 0.600. The van der Waals surface area contributed by atoms with Crippen LogP contribution in [0.3, 0.4) is 0 Å². The molecule has 2 heterocycles. The maximum Gasteiger partial charge on any atom is 0.344 e. The van der Waals surface area contributed by atoms with Crippen LogP contribution in [0.2, 0.25) is 0 Å². The van der Waals surface area contributed by atoms with Crippen LogP contribution in [-0.4, -0.2) is 44.8 Å². The molecule has 1 amide bonds. The predicted molar refractivity (Wildman–Crippen MR) is 111 cm³/mol. The lowest BCUT2D eigenvalue weighted by Crippen LogP contribution is -2.44. The minimum atomic E-state index is -3.81. The summed E-state index contributed by atoms with van der Waals surface area (Å²) in [6.45, 7) is 1.99. The maximum atomic E-state index is 12.9. The predicted octanol–water partition coefficient (Wildman–Crippen LogP) is 2.26. The van der Waals surface area contributed by atoms with E-state index in [0.717, 1.165) is 45.1 Å². The zero-order valence-electron chi connectivity index (χ0n) is 16.5. The van der Waals surface area contributed by atoms with Crippen molar-refractivity contribution in [3.05, 3.63) is 23.8 Å². The number of carbonyl (C=O) groups is 1. The Labute approximate surface area is 171 Å². The molecule has 8 nitrogen and oxygen atoms in total. The molecule has 0 aromatic heterocycles. The molecule has 1 aliphatic carbocycles. The number of fused-ring (bicyclic) bond motifs is 1. The smallest absolute Gasteiger partial charge is 0.344 e. The third kappa shape index (κ3) is 4.49. The van der Waals surface area contributed by atoms with E-state index < -0.39 is 10.2 Å². The van der Waals surface area contributed by atoms with Gasteiger partial charge in [0.05, 0.1) is 17.9 Å². The van der Waals surface area contributed by atoms with Gasteiger partial charge < -0.3 is 15.4 Å². The van der Waals surface area contributed by atoms with Crippen molar-refractivity contribution < 1.29 is 17.9 Å². The molecule has 3 N–H and O–H groups in total. The van der Waals surface area contributed by atoms with Crippen LogP contribution in [0.1, 0.15) is 50.5 Å². The van der Waals surface area contributed by atoms with Crippen LogP contribution in [0.15, 0.2) is 22.6 Å². The van der Waals surface area contributed by atoms with Gasteiger partial charge in [0.1, 0.15) is 5.75 Å². The number of likely N-dealkylation sites (tertiary alicyclic amines) is 1. The quantitative estimate of drug-likeness (QED) is 0.775. The number of benzene rings is 1. The summed E-state index contributed by atoms with van der Waals surface area (Å²) in [5.41, 5.74) is 6.71. The molecule has 2 aliphatic heterocycles. The number of amides is 1. The molecule has 2 fully saturated rings. The second kappa shape index (κ2) is 8.22. The Balaban J connectivity index is 1.40. The van der Waals surface area contributed by atoms with E-state index in [-0.39, 0.29) is 17.7 Å². The molecule has 0 spiro atoms. The number of hydrogen-bond acceptors (Lipinski definition) is 5. The minimum Gasteiger partial charge on any atom is -0.492 e. The molecule has 0 bridgehead atoms. The first-order chi connectivity index (χ1) is 13.9. The number of nitrogens with two attached hydrogens (primary N) is 1. The average Bonchev–Trinajstić information content (AvgIpc) is 2.71. The van der Waals surface area contributed by atoms with Crippen LogP contribution >= 0.6 is 0 Å². The lowest BCUT2D eigenvalue weighted by molar-refractivity contribution is -0.138. The fourth-order valence-corrected chi connectivity index (χ4v) is 5.40. The molecular weight excluding hydrogens is 392 g/mol. The van der Waals surface area contributed by atoms with Gasteiger partial charge in [-0.05, 0) is 37.8 Å². The van der Waals surface area contributed by atoms with Gasteiger partial charge in [0.25, 0.3) is 0 Å². The topological polar surface area (TPSA) is 114 Å². The number of anilines is 1. The summed E-state index contributed by atoms with van der Waals surface area (Å²) in [6.07, 6.45) is 7.56. The third-order valence-corrected chi connectivity index (χ3v) is 6.91. The first kappa shape index (κ1) is 20.0. The number of carbonyl (C=O) groups excluding carboxylic acids is 1. The monoisotopic (exact) mass is 420 g/mol. The van der Waals surface area contributed by atoms with E-state index in [1.54, 1.807) is 18.2 Å². The Hall–Kier alpha value is -2.29. The summed E-state index contributed by atoms with van der Waals surface area (Å²) < 4.78 is 35.3. The van der Waals surface area contributed by atoms with Gasteiger partial charge in [-0.25, -0.2) is 0 Å². The van der Waals surface area contributed by atoms with E-state index in [1.807, 2.05) is 4.90 Å². The number of piperidine rings is 1. The molecule has 1 aromatic carbocycles. The Bertz CT molecular complexity index is 909. The largest absolute Gasteiger partial charge is 0.492 e. The lowest BCUT2D eigenvalue weighted by Gasteiger charge is -2.36. The van der Waals surface area contributed by atoms with Gasteiger partial charge in [-0.1, -0.05) is 25.3 Å². The van der Waals surface area contributed by atoms with Crippen molar-refractivity contribution in [2.24, 2.45) is 22.0 Å². The van der Waals surface area contributed by atoms with Crippen molar-refractivity contribution in [1.29, 1.82) is 0 Å². The van der Waals surface area contributed by atoms with Crippen LogP contribution in [0.25, 0.3) is 0 Å². The highest BCUT2D eigenvalue weighted by molar-refractivity contribution is 7.91. The van der Waals surface area contributed by atoms with Gasteiger partial charge in [-0.3, -0.25) is 9.52 Å². The lowest BCUT2D eigenvalue weighted by atomic mass is 9.87. The van der Waals surface area contributed by atoms with Crippen molar-refractivity contribution in [3.8, 4) is 5.75 Å². The summed E-state index contributed by atoms with van der Waals surface area (Å²) in [6, 6.07) is 5.11. The van der Waals surface area contributed by atoms with Crippen molar-refractivity contribution in [2.45, 2.75) is 44.9 Å². The van der Waals surface area contributed by atoms with Crippen molar-refractivity contribution in [1.82, 2.24) is 4.90 Å². The number of rotatable bonds is 4. The summed E-state index contributed by atoms with van der Waals surface area (Å²) in [7, 11) is -3.81. The third-order valence-electron chi connectivity index (χ3n) is 6.00. The molecule has 0 radical (unpaired) electrons. The Morgan fingerprint density at radius 2 is 2.00 bits per heavy atom. The summed E-state index contributed by atoms with van der Waals surface area (Å²) in [5.74, 6) is 1.16. The molecule has 1 saturated carbocycles. The molecule has 4 rings (SSSR count). The first-order valence-corrected chi connectivity index (χ1v) is 11.8. The maximum absolute atomic E-state index is 12.9. The van der Waals surface area contributed by atoms with E-state index in [2.05, 4.69) is 9.12 Å². The van der Waals surface area contributed by atoms with Gasteiger partial charge in [0.15, 0.2) is 5.84 Å². The first-order valence-electron chi connectivity index (χ1n) is 10.4. The Kier molecular flexibility index (Phi) is 5.67. The molecule has 1 saturated heterocycles. The zero-order chi connectivity index (χ0) is 20.4. The van der Waals surface area contributed by atoms with Gasteiger partial charge in [0, 0.05) is 24.9 Å². The van der Waals surface area contributed by atoms with E-state index >= 15 is 0 Å². The highest BCUT2D eigenvalue weighted by atomic mass is 32.2.